The monoisotopic (exact) mass is 363 g/mol. The van der Waals surface area contributed by atoms with Gasteiger partial charge in [0.1, 0.15) is 18.0 Å². The van der Waals surface area contributed by atoms with E-state index >= 15 is 0 Å². The quantitative estimate of drug-likeness (QED) is 0.903. The Hall–Kier alpha value is -3.48. The zero-order valence-electron chi connectivity index (χ0n) is 14.6. The van der Waals surface area contributed by atoms with Gasteiger partial charge in [-0.2, -0.15) is 4.99 Å². The van der Waals surface area contributed by atoms with E-state index in [1.807, 2.05) is 19.1 Å². The first-order valence-electron chi connectivity index (χ1n) is 8.65. The van der Waals surface area contributed by atoms with Crippen LogP contribution < -0.4 is 10.1 Å². The number of aliphatic imine (C=N–C) groups is 1. The summed E-state index contributed by atoms with van der Waals surface area (Å²) in [7, 11) is 0. The summed E-state index contributed by atoms with van der Waals surface area (Å²) in [6.45, 7) is 1.62. The first kappa shape index (κ1) is 17.0. The van der Waals surface area contributed by atoms with E-state index < -0.39 is 30.5 Å². The standard InChI is InChI=1S/C20H17N3O4/c1-2-12-7-9-13(10-8-12)21-16(24)11-23-19(25)18-17(22-20(23)26)14-5-3-4-6-15(14)27-18/h3-10,18H,2,11H2,1H3,(H,21,24). The lowest BCUT2D eigenvalue weighted by Gasteiger charge is -2.25. The number of ether oxygens (including phenoxy) is 1. The zero-order chi connectivity index (χ0) is 19.0. The van der Waals surface area contributed by atoms with E-state index in [1.165, 1.54) is 0 Å². The van der Waals surface area contributed by atoms with E-state index in [2.05, 4.69) is 10.3 Å². The summed E-state index contributed by atoms with van der Waals surface area (Å²) in [5.74, 6) is -0.558. The summed E-state index contributed by atoms with van der Waals surface area (Å²) in [4.78, 5) is 42.1. The van der Waals surface area contributed by atoms with E-state index in [1.54, 1.807) is 36.4 Å². The maximum Gasteiger partial charge on any atom is 0.351 e. The first-order valence-corrected chi connectivity index (χ1v) is 8.65. The molecule has 1 N–H and O–H groups in total. The van der Waals surface area contributed by atoms with Crippen molar-refractivity contribution in [3.63, 3.8) is 0 Å². The fourth-order valence-electron chi connectivity index (χ4n) is 3.10. The number of nitrogens with zero attached hydrogens (tertiary/aromatic N) is 2. The second-order valence-electron chi connectivity index (χ2n) is 6.30. The van der Waals surface area contributed by atoms with Gasteiger partial charge in [-0.3, -0.25) is 9.59 Å². The fraction of sp³-hybridized carbons (Fsp3) is 0.200. The highest BCUT2D eigenvalue weighted by atomic mass is 16.5. The minimum absolute atomic E-state index is 0.299. The Morgan fingerprint density at radius 3 is 2.63 bits per heavy atom. The number of imide groups is 1. The highest BCUT2D eigenvalue weighted by molar-refractivity contribution is 6.27. The molecule has 136 valence electrons. The number of para-hydroxylation sites is 1. The summed E-state index contributed by atoms with van der Waals surface area (Å²) in [6, 6.07) is 13.6. The molecule has 0 saturated carbocycles. The lowest BCUT2D eigenvalue weighted by Crippen LogP contribution is -2.52. The summed E-state index contributed by atoms with van der Waals surface area (Å²) in [5, 5.41) is 2.68. The number of carbonyl (C=O) groups is 3. The highest BCUT2D eigenvalue weighted by Gasteiger charge is 2.44. The van der Waals surface area contributed by atoms with Gasteiger partial charge in [-0.25, -0.2) is 9.69 Å². The Bertz CT molecular complexity index is 965. The number of fused-ring (bicyclic) bond motifs is 3. The number of carbonyl (C=O) groups excluding carboxylic acids is 3. The first-order chi connectivity index (χ1) is 13.1. The molecule has 4 amide bonds. The highest BCUT2D eigenvalue weighted by Crippen LogP contribution is 2.32. The van der Waals surface area contributed by atoms with Crippen LogP contribution >= 0.6 is 0 Å². The van der Waals surface area contributed by atoms with E-state index in [0.29, 0.717) is 22.7 Å². The summed E-state index contributed by atoms with van der Waals surface area (Å²) in [5.41, 5.74) is 2.67. The third kappa shape index (κ3) is 3.08. The molecule has 4 rings (SSSR count). The van der Waals surface area contributed by atoms with Crippen molar-refractivity contribution in [1.29, 1.82) is 0 Å². The minimum Gasteiger partial charge on any atom is -0.473 e. The van der Waals surface area contributed by atoms with Gasteiger partial charge in [-0.1, -0.05) is 31.2 Å². The van der Waals surface area contributed by atoms with E-state index in [-0.39, 0.29) is 0 Å². The number of hydrogen-bond acceptors (Lipinski definition) is 4. The van der Waals surface area contributed by atoms with Crippen LogP contribution in [0, 0.1) is 0 Å². The smallest absolute Gasteiger partial charge is 0.351 e. The van der Waals surface area contributed by atoms with Crippen molar-refractivity contribution in [1.82, 2.24) is 4.90 Å². The number of anilines is 1. The molecule has 0 saturated heterocycles. The SMILES string of the molecule is CCc1ccc(NC(=O)CN2C(=O)N=C3c4ccccc4OC3C2=O)cc1. The van der Waals surface area contributed by atoms with Gasteiger partial charge in [-0.05, 0) is 36.2 Å². The van der Waals surface area contributed by atoms with Crippen molar-refractivity contribution < 1.29 is 19.1 Å². The molecule has 1 unspecified atom stereocenters. The Morgan fingerprint density at radius 1 is 1.15 bits per heavy atom. The Balaban J connectivity index is 1.48. The van der Waals surface area contributed by atoms with E-state index in [0.717, 1.165) is 16.9 Å². The van der Waals surface area contributed by atoms with Crippen LogP contribution in [0.5, 0.6) is 5.75 Å². The van der Waals surface area contributed by atoms with Crippen LogP contribution in [0.4, 0.5) is 10.5 Å². The molecule has 7 heteroatoms. The topological polar surface area (TPSA) is 88.1 Å². The number of rotatable bonds is 4. The molecule has 27 heavy (non-hydrogen) atoms. The van der Waals surface area contributed by atoms with Crippen LogP contribution in [0.2, 0.25) is 0 Å². The molecule has 0 radical (unpaired) electrons. The van der Waals surface area contributed by atoms with Gasteiger partial charge in [0.25, 0.3) is 5.91 Å². The summed E-state index contributed by atoms with van der Waals surface area (Å²) < 4.78 is 5.62. The maximum absolute atomic E-state index is 12.7. The van der Waals surface area contributed by atoms with Crippen molar-refractivity contribution in [2.75, 3.05) is 11.9 Å². The van der Waals surface area contributed by atoms with Crippen LogP contribution in [0.25, 0.3) is 0 Å². The lowest BCUT2D eigenvalue weighted by atomic mass is 10.1. The molecule has 0 bridgehead atoms. The van der Waals surface area contributed by atoms with Gasteiger partial charge < -0.3 is 10.1 Å². The van der Waals surface area contributed by atoms with Gasteiger partial charge in [0.15, 0.2) is 0 Å². The van der Waals surface area contributed by atoms with Crippen molar-refractivity contribution in [2.24, 2.45) is 4.99 Å². The molecule has 0 aliphatic carbocycles. The number of hydrogen-bond donors (Lipinski definition) is 1. The van der Waals surface area contributed by atoms with Gasteiger partial charge in [0.2, 0.25) is 12.0 Å². The van der Waals surface area contributed by atoms with Gasteiger partial charge in [0.05, 0.1) is 0 Å². The second kappa shape index (κ2) is 6.68. The molecular weight excluding hydrogens is 346 g/mol. The van der Waals surface area contributed by atoms with Crippen LogP contribution in [-0.2, 0) is 16.0 Å². The van der Waals surface area contributed by atoms with Gasteiger partial charge in [0, 0.05) is 11.3 Å². The molecule has 2 aromatic rings. The van der Waals surface area contributed by atoms with Gasteiger partial charge >= 0.3 is 6.03 Å². The molecule has 2 aromatic carbocycles. The molecular formula is C20H17N3O4. The van der Waals surface area contributed by atoms with Crippen molar-refractivity contribution in [2.45, 2.75) is 19.4 Å². The molecule has 2 aliphatic rings. The number of benzene rings is 2. The zero-order valence-corrected chi connectivity index (χ0v) is 14.6. The lowest BCUT2D eigenvalue weighted by molar-refractivity contribution is -0.135. The third-order valence-corrected chi connectivity index (χ3v) is 4.54. The predicted molar refractivity (Wildman–Crippen MR) is 99.0 cm³/mol. The van der Waals surface area contributed by atoms with Crippen molar-refractivity contribution in [3.8, 4) is 5.75 Å². The molecule has 0 aromatic heterocycles. The largest absolute Gasteiger partial charge is 0.473 e. The number of urea groups is 1. The van der Waals surface area contributed by atoms with Crippen LogP contribution in [0.15, 0.2) is 53.5 Å². The number of aryl methyl sites for hydroxylation is 1. The number of nitrogens with one attached hydrogen (secondary N) is 1. The minimum atomic E-state index is -0.989. The normalized spacial score (nSPS) is 17.7. The average molecular weight is 363 g/mol. The number of amides is 4. The van der Waals surface area contributed by atoms with Crippen molar-refractivity contribution in [3.05, 3.63) is 59.7 Å². The molecule has 0 fully saturated rings. The Kier molecular flexibility index (Phi) is 4.19. The predicted octanol–water partition coefficient (Wildman–Crippen LogP) is 2.40. The van der Waals surface area contributed by atoms with Gasteiger partial charge in [-0.15, -0.1) is 0 Å². The molecule has 0 spiro atoms. The Morgan fingerprint density at radius 2 is 1.89 bits per heavy atom. The molecule has 2 heterocycles. The van der Waals surface area contributed by atoms with E-state index in [9.17, 15) is 14.4 Å². The summed E-state index contributed by atoms with van der Waals surface area (Å²) in [6.07, 6.45) is -0.0912. The Labute approximate surface area is 155 Å². The molecule has 2 aliphatic heterocycles. The fourth-order valence-corrected chi connectivity index (χ4v) is 3.10. The van der Waals surface area contributed by atoms with Crippen LogP contribution in [0.3, 0.4) is 0 Å². The second-order valence-corrected chi connectivity index (χ2v) is 6.30. The maximum atomic E-state index is 12.7. The third-order valence-electron chi connectivity index (χ3n) is 4.54. The molecule has 1 atom stereocenters. The molecule has 7 nitrogen and oxygen atoms in total. The van der Waals surface area contributed by atoms with Crippen molar-refractivity contribution >= 4 is 29.2 Å². The average Bonchev–Trinajstić information content (AvgIpc) is 3.04. The van der Waals surface area contributed by atoms with Crippen LogP contribution in [0.1, 0.15) is 18.1 Å². The van der Waals surface area contributed by atoms with Crippen LogP contribution in [-0.4, -0.2) is 41.1 Å². The summed E-state index contributed by atoms with van der Waals surface area (Å²) >= 11 is 0. The van der Waals surface area contributed by atoms with E-state index in [4.69, 9.17) is 4.74 Å².